The van der Waals surface area contributed by atoms with E-state index in [9.17, 15) is 0 Å². The summed E-state index contributed by atoms with van der Waals surface area (Å²) in [5.41, 5.74) is 11.0. The molecule has 3 heteroatoms. The average molecular weight is 579 g/mol. The molecule has 1 aliphatic carbocycles. The van der Waals surface area contributed by atoms with Crippen LogP contribution < -0.4 is 4.74 Å². The molecule has 0 saturated heterocycles. The van der Waals surface area contributed by atoms with Gasteiger partial charge in [0.05, 0.1) is 16.8 Å². The van der Waals surface area contributed by atoms with E-state index in [4.69, 9.17) is 21.3 Å². The number of fused-ring (bicyclic) bond motifs is 7. The number of ether oxygens (including phenoxy) is 1. The summed E-state index contributed by atoms with van der Waals surface area (Å²) in [6.45, 7) is 6.75. The highest BCUT2D eigenvalue weighted by molar-refractivity contribution is 5.90. The van der Waals surface area contributed by atoms with Gasteiger partial charge in [-0.2, -0.15) is 0 Å². The first-order chi connectivity index (χ1) is 22.2. The van der Waals surface area contributed by atoms with Crippen molar-refractivity contribution in [1.82, 2.24) is 9.97 Å². The summed E-state index contributed by atoms with van der Waals surface area (Å²) in [6, 6.07) is 46.4. The van der Waals surface area contributed by atoms with Gasteiger partial charge in [-0.05, 0) is 53.5 Å². The Labute approximate surface area is 263 Å². The lowest BCUT2D eigenvalue weighted by Gasteiger charge is -2.40. The van der Waals surface area contributed by atoms with Gasteiger partial charge in [-0.1, -0.05) is 134 Å². The van der Waals surface area contributed by atoms with E-state index in [1.165, 1.54) is 22.3 Å². The van der Waals surface area contributed by atoms with Crippen LogP contribution >= 0.6 is 0 Å². The standard InChI is InChI=1S/C42H30N2O/c1-3-4-22-39-28(2)42(35-21-13-14-23-40(35)45-39)34-20-12-11-19-32(34)33-25-24-31(26-36(33)42)38-27-37(29-15-7-5-8-16-29)43-41(44-38)30-17-9-6-10-18-30/h3-27H,2H2,1H3/b4-3-,39-22+. The summed E-state index contributed by atoms with van der Waals surface area (Å²) in [5.74, 6) is 2.30. The topological polar surface area (TPSA) is 35.0 Å². The molecule has 0 bridgehead atoms. The van der Waals surface area contributed by atoms with Crippen LogP contribution in [-0.4, -0.2) is 9.97 Å². The Bertz CT molecular complexity index is 2100. The Morgan fingerprint density at radius 3 is 1.98 bits per heavy atom. The predicted molar refractivity (Wildman–Crippen MR) is 183 cm³/mol. The molecule has 5 aromatic carbocycles. The van der Waals surface area contributed by atoms with E-state index in [1.54, 1.807) is 0 Å². The fourth-order valence-electron chi connectivity index (χ4n) is 6.83. The van der Waals surface area contributed by atoms with Gasteiger partial charge in [-0.15, -0.1) is 0 Å². The van der Waals surface area contributed by atoms with E-state index in [-0.39, 0.29) is 0 Å². The van der Waals surface area contributed by atoms with E-state index >= 15 is 0 Å². The molecular formula is C42H30N2O. The van der Waals surface area contributed by atoms with Crippen LogP contribution in [0.3, 0.4) is 0 Å². The van der Waals surface area contributed by atoms with E-state index in [0.29, 0.717) is 5.82 Å². The predicted octanol–water partition coefficient (Wildman–Crippen LogP) is 10.2. The lowest BCUT2D eigenvalue weighted by Crippen LogP contribution is -2.35. The van der Waals surface area contributed by atoms with Gasteiger partial charge in [0.1, 0.15) is 11.5 Å². The second-order valence-corrected chi connectivity index (χ2v) is 11.4. The van der Waals surface area contributed by atoms with Crippen LogP contribution in [0.4, 0.5) is 0 Å². The Morgan fingerprint density at radius 1 is 0.600 bits per heavy atom. The average Bonchev–Trinajstić information content (AvgIpc) is 3.40. The molecule has 0 amide bonds. The van der Waals surface area contributed by atoms with Gasteiger partial charge in [-0.3, -0.25) is 0 Å². The lowest BCUT2D eigenvalue weighted by atomic mass is 9.65. The first-order valence-corrected chi connectivity index (χ1v) is 15.2. The zero-order chi connectivity index (χ0) is 30.4. The van der Waals surface area contributed by atoms with E-state index in [2.05, 4.69) is 91.0 Å². The van der Waals surface area contributed by atoms with Crippen molar-refractivity contribution < 1.29 is 4.74 Å². The zero-order valence-corrected chi connectivity index (χ0v) is 24.9. The van der Waals surface area contributed by atoms with Crippen LogP contribution in [0, 0.1) is 0 Å². The summed E-state index contributed by atoms with van der Waals surface area (Å²) in [4.78, 5) is 10.2. The molecule has 3 nitrogen and oxygen atoms in total. The second kappa shape index (κ2) is 10.7. The smallest absolute Gasteiger partial charge is 0.160 e. The fraction of sp³-hybridized carbons (Fsp3) is 0.0476. The third kappa shape index (κ3) is 4.20. The molecule has 8 rings (SSSR count). The molecule has 0 N–H and O–H groups in total. The molecule has 1 aliphatic heterocycles. The second-order valence-electron chi connectivity index (χ2n) is 11.4. The molecule has 45 heavy (non-hydrogen) atoms. The van der Waals surface area contributed by atoms with Crippen molar-refractivity contribution in [3.63, 3.8) is 0 Å². The van der Waals surface area contributed by atoms with Crippen molar-refractivity contribution in [2.45, 2.75) is 12.3 Å². The maximum absolute atomic E-state index is 6.50. The Balaban J connectivity index is 1.40. The molecule has 2 aliphatic rings. The number of rotatable bonds is 4. The maximum atomic E-state index is 6.50. The minimum absolute atomic E-state index is 0.623. The van der Waals surface area contributed by atoms with Crippen molar-refractivity contribution in [3.05, 3.63) is 186 Å². The van der Waals surface area contributed by atoms with Crippen molar-refractivity contribution in [3.8, 4) is 50.8 Å². The first kappa shape index (κ1) is 26.8. The number of para-hydroxylation sites is 1. The van der Waals surface area contributed by atoms with Crippen molar-refractivity contribution >= 4 is 0 Å². The highest BCUT2D eigenvalue weighted by Gasteiger charge is 2.51. The van der Waals surface area contributed by atoms with Gasteiger partial charge < -0.3 is 4.74 Å². The number of aromatic nitrogens is 2. The Hall–Kier alpha value is -5.80. The van der Waals surface area contributed by atoms with Crippen molar-refractivity contribution in [2.75, 3.05) is 0 Å². The molecule has 1 unspecified atom stereocenters. The third-order valence-electron chi connectivity index (χ3n) is 8.87. The van der Waals surface area contributed by atoms with Crippen molar-refractivity contribution in [2.24, 2.45) is 0 Å². The SMILES string of the molecule is C=C1/C(=C\C=C/C)Oc2ccccc2C12c1ccccc1-c1ccc(-c3cc(-c4ccccc4)nc(-c4ccccc4)n3)cc12. The fourth-order valence-corrected chi connectivity index (χ4v) is 6.83. The molecule has 0 saturated carbocycles. The van der Waals surface area contributed by atoms with E-state index in [1.807, 2.05) is 67.6 Å². The quantitative estimate of drug-likeness (QED) is 0.209. The van der Waals surface area contributed by atoms with Crippen molar-refractivity contribution in [1.29, 1.82) is 0 Å². The number of nitrogens with zero attached hydrogens (tertiary/aromatic N) is 2. The van der Waals surface area contributed by atoms with Gasteiger partial charge in [0.15, 0.2) is 5.82 Å². The molecule has 1 spiro atoms. The third-order valence-corrected chi connectivity index (χ3v) is 8.87. The molecule has 2 heterocycles. The summed E-state index contributed by atoms with van der Waals surface area (Å²) in [6.07, 6.45) is 6.04. The largest absolute Gasteiger partial charge is 0.457 e. The molecule has 0 fully saturated rings. The van der Waals surface area contributed by atoms with Crippen LogP contribution in [0.1, 0.15) is 23.6 Å². The normalized spacial score (nSPS) is 17.3. The van der Waals surface area contributed by atoms with Gasteiger partial charge in [0.2, 0.25) is 0 Å². The molecule has 0 radical (unpaired) electrons. The van der Waals surface area contributed by atoms with Crippen LogP contribution in [0.5, 0.6) is 5.75 Å². The molecule has 1 aromatic heterocycles. The summed E-state index contributed by atoms with van der Waals surface area (Å²) >= 11 is 0. The van der Waals surface area contributed by atoms with Gasteiger partial charge >= 0.3 is 0 Å². The number of allylic oxidation sites excluding steroid dienone is 4. The number of hydrogen-bond acceptors (Lipinski definition) is 3. The van der Waals surface area contributed by atoms with Gasteiger partial charge in [0.25, 0.3) is 0 Å². The summed E-state index contributed by atoms with van der Waals surface area (Å²) < 4.78 is 6.50. The highest BCUT2D eigenvalue weighted by Crippen LogP contribution is 2.61. The zero-order valence-electron chi connectivity index (χ0n) is 24.9. The summed E-state index contributed by atoms with van der Waals surface area (Å²) in [7, 11) is 0. The summed E-state index contributed by atoms with van der Waals surface area (Å²) in [5, 5.41) is 0. The minimum Gasteiger partial charge on any atom is -0.457 e. The monoisotopic (exact) mass is 578 g/mol. The van der Waals surface area contributed by atoms with Crippen LogP contribution in [0.15, 0.2) is 170 Å². The molecule has 1 atom stereocenters. The highest BCUT2D eigenvalue weighted by atomic mass is 16.5. The van der Waals surface area contributed by atoms with Crippen LogP contribution in [0.25, 0.3) is 45.0 Å². The Kier molecular flexibility index (Phi) is 6.39. The first-order valence-electron chi connectivity index (χ1n) is 15.2. The molecular weight excluding hydrogens is 548 g/mol. The number of hydrogen-bond donors (Lipinski definition) is 0. The lowest BCUT2D eigenvalue weighted by molar-refractivity contribution is 0.391. The van der Waals surface area contributed by atoms with Gasteiger partial charge in [-0.25, -0.2) is 9.97 Å². The molecule has 6 aromatic rings. The number of benzene rings is 5. The van der Waals surface area contributed by atoms with E-state index in [0.717, 1.165) is 50.7 Å². The minimum atomic E-state index is -0.623. The van der Waals surface area contributed by atoms with Crippen LogP contribution in [-0.2, 0) is 5.41 Å². The van der Waals surface area contributed by atoms with E-state index < -0.39 is 5.41 Å². The maximum Gasteiger partial charge on any atom is 0.160 e. The molecule has 214 valence electrons. The van der Waals surface area contributed by atoms with Gasteiger partial charge in [0, 0.05) is 27.8 Å². The Morgan fingerprint density at radius 2 is 1.22 bits per heavy atom. The van der Waals surface area contributed by atoms with Crippen LogP contribution in [0.2, 0.25) is 0 Å².